The molecule has 0 atom stereocenters. The van der Waals surface area contributed by atoms with E-state index in [-0.39, 0.29) is 30.2 Å². The molecule has 0 radical (unpaired) electrons. The van der Waals surface area contributed by atoms with Crippen molar-refractivity contribution in [1.29, 1.82) is 0 Å². The van der Waals surface area contributed by atoms with Crippen LogP contribution in [0.1, 0.15) is 12.5 Å². The lowest BCUT2D eigenvalue weighted by Gasteiger charge is -2.12. The molecule has 27 heavy (non-hydrogen) atoms. The first-order valence-electron chi connectivity index (χ1n) is 8.53. The Balaban J connectivity index is 2.13. The Bertz CT molecular complexity index is 1020. The van der Waals surface area contributed by atoms with Gasteiger partial charge in [-0.05, 0) is 55.8 Å². The first kappa shape index (κ1) is 18.5. The van der Waals surface area contributed by atoms with Gasteiger partial charge in [-0.3, -0.25) is 4.79 Å². The van der Waals surface area contributed by atoms with Crippen molar-refractivity contribution in [3.8, 4) is 22.8 Å². The van der Waals surface area contributed by atoms with E-state index in [9.17, 15) is 9.59 Å². The highest BCUT2D eigenvalue weighted by Crippen LogP contribution is 2.32. The second kappa shape index (κ2) is 7.95. The van der Waals surface area contributed by atoms with Gasteiger partial charge in [0.05, 0.1) is 19.1 Å². The summed E-state index contributed by atoms with van der Waals surface area (Å²) in [5.74, 6) is 0.350. The summed E-state index contributed by atoms with van der Waals surface area (Å²) < 4.78 is 21.5. The highest BCUT2D eigenvalue weighted by molar-refractivity contribution is 5.83. The molecule has 0 N–H and O–H groups in total. The lowest BCUT2D eigenvalue weighted by atomic mass is 10.1. The van der Waals surface area contributed by atoms with Gasteiger partial charge in [0.2, 0.25) is 11.2 Å². The maximum Gasteiger partial charge on any atom is 0.344 e. The maximum absolute atomic E-state index is 13.0. The third-order valence-electron chi connectivity index (χ3n) is 4.00. The molecule has 0 unspecified atom stereocenters. The first-order chi connectivity index (χ1) is 13.0. The quantitative estimate of drug-likeness (QED) is 0.617. The van der Waals surface area contributed by atoms with Crippen LogP contribution in [0.2, 0.25) is 0 Å². The van der Waals surface area contributed by atoms with Crippen molar-refractivity contribution in [1.82, 2.24) is 0 Å². The zero-order chi connectivity index (χ0) is 19.4. The minimum Gasteiger partial charge on any atom is -0.497 e. The van der Waals surface area contributed by atoms with Crippen LogP contribution in [0.3, 0.4) is 0 Å². The Hall–Kier alpha value is -3.28. The predicted octanol–water partition coefficient (Wildman–Crippen LogP) is 3.72. The Labute approximate surface area is 156 Å². The van der Waals surface area contributed by atoms with Crippen molar-refractivity contribution in [2.75, 3.05) is 20.3 Å². The number of hydrogen-bond donors (Lipinski definition) is 0. The van der Waals surface area contributed by atoms with Gasteiger partial charge in [-0.1, -0.05) is 6.07 Å². The summed E-state index contributed by atoms with van der Waals surface area (Å²) in [5, 5.41) is 0.386. The van der Waals surface area contributed by atoms with Crippen molar-refractivity contribution >= 4 is 16.9 Å². The molecule has 140 valence electrons. The van der Waals surface area contributed by atoms with Crippen LogP contribution in [0.15, 0.2) is 51.7 Å². The fourth-order valence-electron chi connectivity index (χ4n) is 2.68. The highest BCUT2D eigenvalue weighted by atomic mass is 16.6. The van der Waals surface area contributed by atoms with Gasteiger partial charge in [-0.2, -0.15) is 0 Å². The van der Waals surface area contributed by atoms with Crippen LogP contribution in [-0.2, 0) is 9.53 Å². The second-order valence-electron chi connectivity index (χ2n) is 5.91. The van der Waals surface area contributed by atoms with Crippen molar-refractivity contribution < 1.29 is 23.4 Å². The van der Waals surface area contributed by atoms with E-state index in [1.54, 1.807) is 50.4 Å². The molecule has 0 aliphatic heterocycles. The SMILES string of the molecule is CCOC(=O)COc1c(-c2ccc(OC)cc2)oc2cc(C)ccc2c1=O. The molecular formula is C21H20O6. The highest BCUT2D eigenvalue weighted by Gasteiger charge is 2.19. The zero-order valence-electron chi connectivity index (χ0n) is 15.4. The molecule has 1 heterocycles. The van der Waals surface area contributed by atoms with Crippen LogP contribution in [0.5, 0.6) is 11.5 Å². The van der Waals surface area contributed by atoms with Crippen LogP contribution < -0.4 is 14.9 Å². The molecule has 0 aliphatic rings. The van der Waals surface area contributed by atoms with Crippen LogP contribution >= 0.6 is 0 Å². The number of aryl methyl sites for hydroxylation is 1. The first-order valence-corrected chi connectivity index (χ1v) is 8.53. The van der Waals surface area contributed by atoms with Gasteiger partial charge in [-0.15, -0.1) is 0 Å². The van der Waals surface area contributed by atoms with Crippen LogP contribution in [0.25, 0.3) is 22.3 Å². The maximum atomic E-state index is 13.0. The lowest BCUT2D eigenvalue weighted by Crippen LogP contribution is -2.18. The molecule has 0 saturated carbocycles. The van der Waals surface area contributed by atoms with Crippen LogP contribution in [0, 0.1) is 6.92 Å². The van der Waals surface area contributed by atoms with Crippen LogP contribution in [-0.4, -0.2) is 26.3 Å². The van der Waals surface area contributed by atoms with E-state index in [1.807, 2.05) is 13.0 Å². The standard InChI is InChI=1S/C21H20O6/c1-4-25-18(22)12-26-21-19(23)16-10-5-13(2)11-17(16)27-20(21)14-6-8-15(24-3)9-7-14/h5-11H,4,12H2,1-3H3. The van der Waals surface area contributed by atoms with Crippen molar-refractivity contribution in [2.24, 2.45) is 0 Å². The Morgan fingerprint density at radius 2 is 1.85 bits per heavy atom. The van der Waals surface area contributed by atoms with Crippen LogP contribution in [0.4, 0.5) is 0 Å². The third-order valence-corrected chi connectivity index (χ3v) is 4.00. The Morgan fingerprint density at radius 1 is 1.11 bits per heavy atom. The van der Waals surface area contributed by atoms with Crippen molar-refractivity contribution in [3.63, 3.8) is 0 Å². The second-order valence-corrected chi connectivity index (χ2v) is 5.91. The summed E-state index contributed by atoms with van der Waals surface area (Å²) >= 11 is 0. The number of carbonyl (C=O) groups is 1. The molecular weight excluding hydrogens is 348 g/mol. The van der Waals surface area contributed by atoms with Gasteiger partial charge in [0.25, 0.3) is 0 Å². The number of benzene rings is 2. The normalized spacial score (nSPS) is 10.6. The molecule has 0 aliphatic carbocycles. The average Bonchev–Trinajstić information content (AvgIpc) is 2.67. The van der Waals surface area contributed by atoms with Crippen molar-refractivity contribution in [3.05, 3.63) is 58.3 Å². The van der Waals surface area contributed by atoms with Gasteiger partial charge in [0.15, 0.2) is 12.4 Å². The molecule has 6 nitrogen and oxygen atoms in total. The third kappa shape index (κ3) is 3.95. The van der Waals surface area contributed by atoms with E-state index in [0.717, 1.165) is 5.56 Å². The number of fused-ring (bicyclic) bond motifs is 1. The summed E-state index contributed by atoms with van der Waals surface area (Å²) in [6.07, 6.45) is 0. The summed E-state index contributed by atoms with van der Waals surface area (Å²) in [5.41, 5.74) is 1.71. The number of methoxy groups -OCH3 is 1. The lowest BCUT2D eigenvalue weighted by molar-refractivity contribution is -0.145. The van der Waals surface area contributed by atoms with Gasteiger partial charge in [-0.25, -0.2) is 4.79 Å². The van der Waals surface area contributed by atoms with Gasteiger partial charge in [0, 0.05) is 5.56 Å². The number of ether oxygens (including phenoxy) is 3. The van der Waals surface area contributed by atoms with Gasteiger partial charge >= 0.3 is 5.97 Å². The Morgan fingerprint density at radius 3 is 2.52 bits per heavy atom. The molecule has 0 spiro atoms. The molecule has 3 aromatic rings. The number of hydrogen-bond acceptors (Lipinski definition) is 6. The van der Waals surface area contributed by atoms with E-state index in [2.05, 4.69) is 0 Å². The molecule has 0 saturated heterocycles. The minimum absolute atomic E-state index is 0.0235. The number of carbonyl (C=O) groups excluding carboxylic acids is 1. The summed E-state index contributed by atoms with van der Waals surface area (Å²) in [6, 6.07) is 12.3. The fourth-order valence-corrected chi connectivity index (χ4v) is 2.68. The summed E-state index contributed by atoms with van der Waals surface area (Å²) in [7, 11) is 1.57. The van der Waals surface area contributed by atoms with E-state index in [0.29, 0.717) is 22.3 Å². The minimum atomic E-state index is -0.554. The van der Waals surface area contributed by atoms with Gasteiger partial charge < -0.3 is 18.6 Å². The molecule has 6 heteroatoms. The molecule has 0 bridgehead atoms. The largest absolute Gasteiger partial charge is 0.497 e. The van der Waals surface area contributed by atoms with E-state index < -0.39 is 5.97 Å². The molecule has 1 aromatic heterocycles. The molecule has 3 rings (SSSR count). The molecule has 0 fully saturated rings. The topological polar surface area (TPSA) is 75.0 Å². The smallest absolute Gasteiger partial charge is 0.344 e. The van der Waals surface area contributed by atoms with E-state index >= 15 is 0 Å². The predicted molar refractivity (Wildman–Crippen MR) is 101 cm³/mol. The molecule has 0 amide bonds. The van der Waals surface area contributed by atoms with E-state index in [1.165, 1.54) is 0 Å². The molecule has 2 aromatic carbocycles. The Kier molecular flexibility index (Phi) is 5.45. The number of esters is 1. The average molecular weight is 368 g/mol. The zero-order valence-corrected chi connectivity index (χ0v) is 15.4. The number of rotatable bonds is 6. The monoisotopic (exact) mass is 368 g/mol. The summed E-state index contributed by atoms with van der Waals surface area (Å²) in [4.78, 5) is 24.6. The summed E-state index contributed by atoms with van der Waals surface area (Å²) in [6.45, 7) is 3.48. The van der Waals surface area contributed by atoms with E-state index in [4.69, 9.17) is 18.6 Å². The fraction of sp³-hybridized carbons (Fsp3) is 0.238. The van der Waals surface area contributed by atoms with Crippen molar-refractivity contribution in [2.45, 2.75) is 13.8 Å². The van der Waals surface area contributed by atoms with Gasteiger partial charge in [0.1, 0.15) is 11.3 Å².